The van der Waals surface area contributed by atoms with Gasteiger partial charge in [-0.2, -0.15) is 11.3 Å². The molecule has 1 fully saturated rings. The molecule has 4 rings (SSSR count). The van der Waals surface area contributed by atoms with Crippen LogP contribution in [-0.2, 0) is 4.79 Å². The molecule has 0 spiro atoms. The molecular weight excluding hydrogens is 374 g/mol. The van der Waals surface area contributed by atoms with Gasteiger partial charge in [0.1, 0.15) is 0 Å². The molecule has 0 saturated carbocycles. The Morgan fingerprint density at radius 1 is 1.33 bits per heavy atom. The van der Waals surface area contributed by atoms with Gasteiger partial charge in [0.05, 0.1) is 17.5 Å². The van der Waals surface area contributed by atoms with E-state index in [1.165, 1.54) is 28.5 Å². The van der Waals surface area contributed by atoms with Crippen molar-refractivity contribution in [2.75, 3.05) is 12.3 Å². The summed E-state index contributed by atoms with van der Waals surface area (Å²) in [6, 6.07) is 8.66. The fourth-order valence-corrected chi connectivity index (χ4v) is 5.22. The van der Waals surface area contributed by atoms with Crippen LogP contribution in [0.15, 0.2) is 52.6 Å². The number of amides is 1. The number of likely N-dealkylation sites (tertiary alicyclic amines) is 1. The van der Waals surface area contributed by atoms with Gasteiger partial charge in [0.2, 0.25) is 5.91 Å². The highest BCUT2D eigenvalue weighted by Crippen LogP contribution is 2.34. The van der Waals surface area contributed by atoms with E-state index in [9.17, 15) is 4.79 Å². The molecule has 1 aliphatic rings. The SMILES string of the molecule is Cc1cccc(-n2ccnc2SCC(=O)N2CCCC2c2ccsc2)c1C. The van der Waals surface area contributed by atoms with E-state index in [-0.39, 0.29) is 11.9 Å². The third-order valence-corrected chi connectivity index (χ3v) is 6.92. The number of rotatable bonds is 5. The highest BCUT2D eigenvalue weighted by molar-refractivity contribution is 7.99. The molecule has 6 heteroatoms. The van der Waals surface area contributed by atoms with E-state index in [1.807, 2.05) is 11.1 Å². The molecule has 1 amide bonds. The first-order valence-corrected chi connectivity index (χ1v) is 11.1. The van der Waals surface area contributed by atoms with Crippen LogP contribution in [0.25, 0.3) is 5.69 Å². The molecule has 3 aromatic rings. The molecule has 0 aliphatic carbocycles. The monoisotopic (exact) mass is 397 g/mol. The summed E-state index contributed by atoms with van der Waals surface area (Å²) in [6.07, 6.45) is 5.91. The molecule has 0 radical (unpaired) electrons. The Hall–Kier alpha value is -2.05. The van der Waals surface area contributed by atoms with Crippen molar-refractivity contribution in [3.8, 4) is 5.69 Å². The van der Waals surface area contributed by atoms with Gasteiger partial charge in [-0.05, 0) is 66.3 Å². The Balaban J connectivity index is 1.48. The number of benzene rings is 1. The lowest BCUT2D eigenvalue weighted by atomic mass is 10.1. The molecule has 27 heavy (non-hydrogen) atoms. The van der Waals surface area contributed by atoms with E-state index in [0.29, 0.717) is 5.75 Å². The number of thioether (sulfide) groups is 1. The van der Waals surface area contributed by atoms with E-state index >= 15 is 0 Å². The van der Waals surface area contributed by atoms with Crippen molar-refractivity contribution in [3.63, 3.8) is 0 Å². The predicted molar refractivity (Wildman–Crippen MR) is 112 cm³/mol. The predicted octanol–water partition coefficient (Wildman–Crippen LogP) is 5.01. The zero-order valence-electron chi connectivity index (χ0n) is 15.6. The topological polar surface area (TPSA) is 38.1 Å². The summed E-state index contributed by atoms with van der Waals surface area (Å²) in [4.78, 5) is 19.4. The number of nitrogens with zero attached hydrogens (tertiary/aromatic N) is 3. The molecule has 1 unspecified atom stereocenters. The number of carbonyl (C=O) groups is 1. The lowest BCUT2D eigenvalue weighted by Gasteiger charge is -2.24. The van der Waals surface area contributed by atoms with E-state index in [4.69, 9.17) is 0 Å². The van der Waals surface area contributed by atoms with Gasteiger partial charge in [-0.1, -0.05) is 23.9 Å². The van der Waals surface area contributed by atoms with Crippen LogP contribution >= 0.6 is 23.1 Å². The molecular formula is C21H23N3OS2. The van der Waals surface area contributed by atoms with Crippen molar-refractivity contribution >= 4 is 29.0 Å². The van der Waals surface area contributed by atoms with Gasteiger partial charge in [0.25, 0.3) is 0 Å². The van der Waals surface area contributed by atoms with Crippen LogP contribution < -0.4 is 0 Å². The molecule has 1 aliphatic heterocycles. The number of imidazole rings is 1. The second kappa shape index (κ2) is 7.90. The second-order valence-electron chi connectivity index (χ2n) is 6.89. The van der Waals surface area contributed by atoms with Gasteiger partial charge in [0, 0.05) is 18.9 Å². The minimum atomic E-state index is 0.198. The molecule has 0 N–H and O–H groups in total. The molecule has 2 aromatic heterocycles. The highest BCUT2D eigenvalue weighted by Gasteiger charge is 2.30. The minimum absolute atomic E-state index is 0.198. The Morgan fingerprint density at radius 3 is 3.04 bits per heavy atom. The van der Waals surface area contributed by atoms with Gasteiger partial charge >= 0.3 is 0 Å². The minimum Gasteiger partial charge on any atom is -0.335 e. The van der Waals surface area contributed by atoms with Crippen LogP contribution in [0.4, 0.5) is 0 Å². The summed E-state index contributed by atoms with van der Waals surface area (Å²) in [5, 5.41) is 5.12. The molecule has 4 nitrogen and oxygen atoms in total. The Morgan fingerprint density at radius 2 is 2.22 bits per heavy atom. The van der Waals surface area contributed by atoms with E-state index in [0.717, 1.165) is 30.2 Å². The van der Waals surface area contributed by atoms with Crippen LogP contribution in [-0.4, -0.2) is 32.7 Å². The van der Waals surface area contributed by atoms with Gasteiger partial charge in [-0.25, -0.2) is 4.98 Å². The lowest BCUT2D eigenvalue weighted by Crippen LogP contribution is -2.31. The number of aromatic nitrogens is 2. The molecule has 1 saturated heterocycles. The van der Waals surface area contributed by atoms with Gasteiger partial charge in [-0.3, -0.25) is 9.36 Å². The van der Waals surface area contributed by atoms with Crippen LogP contribution in [0.2, 0.25) is 0 Å². The summed E-state index contributed by atoms with van der Waals surface area (Å²) < 4.78 is 2.08. The second-order valence-corrected chi connectivity index (χ2v) is 8.61. The third kappa shape index (κ3) is 3.69. The van der Waals surface area contributed by atoms with Crippen molar-refractivity contribution in [1.29, 1.82) is 0 Å². The summed E-state index contributed by atoms with van der Waals surface area (Å²) in [7, 11) is 0. The van der Waals surface area contributed by atoms with Crippen molar-refractivity contribution < 1.29 is 4.79 Å². The average molecular weight is 398 g/mol. The molecule has 1 atom stereocenters. The number of thiophene rings is 1. The molecule has 0 bridgehead atoms. The average Bonchev–Trinajstić information content (AvgIpc) is 3.42. The third-order valence-electron chi connectivity index (χ3n) is 5.27. The normalized spacial score (nSPS) is 16.8. The summed E-state index contributed by atoms with van der Waals surface area (Å²) in [6.45, 7) is 5.09. The van der Waals surface area contributed by atoms with Gasteiger partial charge in [0.15, 0.2) is 5.16 Å². The number of aryl methyl sites for hydroxylation is 1. The van der Waals surface area contributed by atoms with Gasteiger partial charge < -0.3 is 4.90 Å². The van der Waals surface area contributed by atoms with E-state index < -0.39 is 0 Å². The Labute approximate surface area is 168 Å². The largest absolute Gasteiger partial charge is 0.335 e. The summed E-state index contributed by atoms with van der Waals surface area (Å²) in [5.74, 6) is 0.618. The standard InChI is InChI=1S/C21H23N3OS2/c1-15-5-3-6-18(16(15)2)24-11-9-22-21(24)27-14-20(25)23-10-4-7-19(23)17-8-12-26-13-17/h3,5-6,8-9,11-13,19H,4,7,10,14H2,1-2H3. The summed E-state index contributed by atoms with van der Waals surface area (Å²) in [5.41, 5.74) is 4.89. The first-order chi connectivity index (χ1) is 13.1. The van der Waals surface area contributed by atoms with Crippen LogP contribution in [0, 0.1) is 13.8 Å². The summed E-state index contributed by atoms with van der Waals surface area (Å²) >= 11 is 3.22. The molecule has 3 heterocycles. The lowest BCUT2D eigenvalue weighted by molar-refractivity contribution is -0.129. The number of hydrogen-bond donors (Lipinski definition) is 0. The quantitative estimate of drug-likeness (QED) is 0.568. The zero-order valence-corrected chi connectivity index (χ0v) is 17.2. The fraction of sp³-hybridized carbons (Fsp3) is 0.333. The zero-order chi connectivity index (χ0) is 18.8. The maximum absolute atomic E-state index is 12.9. The van der Waals surface area contributed by atoms with Crippen molar-refractivity contribution in [2.45, 2.75) is 37.9 Å². The van der Waals surface area contributed by atoms with E-state index in [1.54, 1.807) is 17.5 Å². The highest BCUT2D eigenvalue weighted by atomic mass is 32.2. The van der Waals surface area contributed by atoms with E-state index in [2.05, 4.69) is 58.4 Å². The maximum Gasteiger partial charge on any atom is 0.233 e. The Kier molecular flexibility index (Phi) is 5.36. The van der Waals surface area contributed by atoms with Crippen LogP contribution in [0.1, 0.15) is 35.6 Å². The molecule has 1 aromatic carbocycles. The number of hydrogen-bond acceptors (Lipinski definition) is 4. The fourth-order valence-electron chi connectivity index (χ4n) is 3.66. The van der Waals surface area contributed by atoms with Crippen molar-refractivity contribution in [2.24, 2.45) is 0 Å². The number of carbonyl (C=O) groups excluding carboxylic acids is 1. The van der Waals surface area contributed by atoms with Crippen LogP contribution in [0.3, 0.4) is 0 Å². The van der Waals surface area contributed by atoms with Gasteiger partial charge in [-0.15, -0.1) is 0 Å². The smallest absolute Gasteiger partial charge is 0.233 e. The van der Waals surface area contributed by atoms with Crippen LogP contribution in [0.5, 0.6) is 0 Å². The van der Waals surface area contributed by atoms with Crippen molar-refractivity contribution in [3.05, 3.63) is 64.1 Å². The molecule has 140 valence electrons. The maximum atomic E-state index is 12.9. The first-order valence-electron chi connectivity index (χ1n) is 9.19. The van der Waals surface area contributed by atoms with Crippen molar-refractivity contribution in [1.82, 2.24) is 14.5 Å². The Bertz CT molecular complexity index is 933. The first kappa shape index (κ1) is 18.3.